The maximum atomic E-state index is 13.2. The van der Waals surface area contributed by atoms with Crippen LogP contribution in [-0.4, -0.2) is 39.4 Å². The SMILES string of the molecule is CCN(CC)C(=O)c1ccc2c(c1)[C@@H]1[C@H](Cl)[C@H](Sc3ccccc3[N+](=O)[O-])C[C@@H]1[C@@H](c1ccc(Cl)cc1)N2. The zero-order valence-corrected chi connectivity index (χ0v) is 23.5. The summed E-state index contributed by atoms with van der Waals surface area (Å²) in [4.78, 5) is 26.9. The quantitative estimate of drug-likeness (QED) is 0.178. The van der Waals surface area contributed by atoms with Crippen LogP contribution in [0.15, 0.2) is 71.6 Å². The predicted octanol–water partition coefficient (Wildman–Crippen LogP) is 7.77. The fourth-order valence-corrected chi connectivity index (χ4v) is 7.88. The van der Waals surface area contributed by atoms with Crippen LogP contribution in [0.1, 0.15) is 53.7 Å². The molecule has 5 atom stereocenters. The molecule has 2 aliphatic rings. The summed E-state index contributed by atoms with van der Waals surface area (Å²) in [5.74, 6) is 0.104. The highest BCUT2D eigenvalue weighted by Gasteiger charge is 2.50. The van der Waals surface area contributed by atoms with Crippen LogP contribution in [0.3, 0.4) is 0 Å². The van der Waals surface area contributed by atoms with E-state index in [0.29, 0.717) is 28.6 Å². The second-order valence-corrected chi connectivity index (χ2v) is 11.9. The van der Waals surface area contributed by atoms with Crippen molar-refractivity contribution >= 4 is 52.2 Å². The monoisotopic (exact) mass is 569 g/mol. The third-order valence-corrected chi connectivity index (χ3v) is 10.0. The van der Waals surface area contributed by atoms with E-state index in [4.69, 9.17) is 23.2 Å². The van der Waals surface area contributed by atoms with E-state index < -0.39 is 0 Å². The molecule has 9 heteroatoms. The molecular formula is C29H29Cl2N3O3S. The van der Waals surface area contributed by atoms with Gasteiger partial charge in [-0.15, -0.1) is 23.4 Å². The van der Waals surface area contributed by atoms with Crippen LogP contribution in [0, 0.1) is 16.0 Å². The first-order valence-electron chi connectivity index (χ1n) is 12.8. The molecule has 38 heavy (non-hydrogen) atoms. The molecule has 1 aliphatic carbocycles. The molecule has 0 unspecified atom stereocenters. The highest BCUT2D eigenvalue weighted by Crippen LogP contribution is 2.58. The van der Waals surface area contributed by atoms with Gasteiger partial charge in [0.1, 0.15) is 0 Å². The van der Waals surface area contributed by atoms with Crippen LogP contribution in [0.5, 0.6) is 0 Å². The maximum Gasteiger partial charge on any atom is 0.282 e. The molecule has 1 N–H and O–H groups in total. The number of carbonyl (C=O) groups is 1. The fraction of sp³-hybridized carbons (Fsp3) is 0.345. The molecule has 1 heterocycles. The van der Waals surface area contributed by atoms with Crippen molar-refractivity contribution < 1.29 is 9.72 Å². The van der Waals surface area contributed by atoms with Crippen LogP contribution in [0.4, 0.5) is 11.4 Å². The van der Waals surface area contributed by atoms with E-state index in [1.165, 1.54) is 17.8 Å². The van der Waals surface area contributed by atoms with Gasteiger partial charge in [0.15, 0.2) is 0 Å². The molecule has 1 amide bonds. The molecule has 3 aromatic carbocycles. The number of halogens is 2. The van der Waals surface area contributed by atoms with Gasteiger partial charge in [-0.25, -0.2) is 0 Å². The minimum Gasteiger partial charge on any atom is -0.378 e. The summed E-state index contributed by atoms with van der Waals surface area (Å²) in [7, 11) is 0. The van der Waals surface area contributed by atoms with E-state index in [1.807, 2.05) is 67.3 Å². The van der Waals surface area contributed by atoms with Crippen LogP contribution >= 0.6 is 35.0 Å². The van der Waals surface area contributed by atoms with Gasteiger partial charge in [0, 0.05) is 46.6 Å². The second kappa shape index (κ2) is 11.2. The highest BCUT2D eigenvalue weighted by atomic mass is 35.5. The lowest BCUT2D eigenvalue weighted by molar-refractivity contribution is -0.387. The molecule has 6 nitrogen and oxygen atoms in total. The lowest BCUT2D eigenvalue weighted by Crippen LogP contribution is -2.33. The topological polar surface area (TPSA) is 75.5 Å². The molecule has 0 saturated heterocycles. The average Bonchev–Trinajstić information content (AvgIpc) is 3.25. The van der Waals surface area contributed by atoms with Crippen LogP contribution < -0.4 is 5.32 Å². The van der Waals surface area contributed by atoms with Crippen molar-refractivity contribution in [2.75, 3.05) is 18.4 Å². The maximum absolute atomic E-state index is 13.2. The number of benzene rings is 3. The van der Waals surface area contributed by atoms with Crippen molar-refractivity contribution in [3.05, 3.63) is 98.6 Å². The van der Waals surface area contributed by atoms with E-state index in [-0.39, 0.29) is 45.0 Å². The normalized spacial score (nSPS) is 23.7. The predicted molar refractivity (Wildman–Crippen MR) is 155 cm³/mol. The number of hydrogen-bond acceptors (Lipinski definition) is 5. The van der Waals surface area contributed by atoms with Crippen molar-refractivity contribution in [1.82, 2.24) is 4.90 Å². The summed E-state index contributed by atoms with van der Waals surface area (Å²) in [6.45, 7) is 5.24. The molecule has 1 saturated carbocycles. The van der Waals surface area contributed by atoms with Crippen molar-refractivity contribution in [2.24, 2.45) is 5.92 Å². The number of thioether (sulfide) groups is 1. The first-order valence-corrected chi connectivity index (χ1v) is 14.5. The van der Waals surface area contributed by atoms with Crippen molar-refractivity contribution in [2.45, 2.75) is 47.8 Å². The number of nitrogens with one attached hydrogen (secondary N) is 1. The number of amides is 1. The molecule has 3 aromatic rings. The number of nitro benzene ring substituents is 1. The Morgan fingerprint density at radius 2 is 1.82 bits per heavy atom. The summed E-state index contributed by atoms with van der Waals surface area (Å²) >= 11 is 14.9. The Labute approximate surface area is 236 Å². The number of rotatable bonds is 7. The Morgan fingerprint density at radius 1 is 1.11 bits per heavy atom. The van der Waals surface area contributed by atoms with Gasteiger partial charge >= 0.3 is 0 Å². The van der Waals surface area contributed by atoms with Crippen LogP contribution in [-0.2, 0) is 0 Å². The molecule has 1 aliphatic heterocycles. The first-order chi connectivity index (χ1) is 18.3. The largest absolute Gasteiger partial charge is 0.378 e. The number of fused-ring (bicyclic) bond motifs is 3. The molecule has 0 radical (unpaired) electrons. The van der Waals surface area contributed by atoms with Gasteiger partial charge in [0.05, 0.1) is 21.2 Å². The van der Waals surface area contributed by atoms with E-state index in [2.05, 4.69) is 5.32 Å². The zero-order valence-electron chi connectivity index (χ0n) is 21.1. The Balaban J connectivity index is 1.55. The van der Waals surface area contributed by atoms with E-state index in [0.717, 1.165) is 23.2 Å². The molecule has 0 spiro atoms. The average molecular weight is 571 g/mol. The molecule has 0 bridgehead atoms. The second-order valence-electron chi connectivity index (χ2n) is 9.70. The van der Waals surface area contributed by atoms with Gasteiger partial charge in [-0.1, -0.05) is 35.9 Å². The lowest BCUT2D eigenvalue weighted by atomic mass is 9.77. The van der Waals surface area contributed by atoms with E-state index in [9.17, 15) is 14.9 Å². The fourth-order valence-electron chi connectivity index (χ4n) is 5.81. The minimum atomic E-state index is -0.341. The van der Waals surface area contributed by atoms with Gasteiger partial charge in [0.25, 0.3) is 11.6 Å². The standard InChI is InChI=1S/C29H29Cl2N3O3S/c1-3-33(4-2)29(35)18-11-14-22-20(15-18)26-21(28(32-22)17-9-12-19(30)13-10-17)16-25(27(26)31)38-24-8-6-5-7-23(24)34(36)37/h5-15,21,25-28,32H,3-4,16H2,1-2H3/t21-,25+,26-,27+,28+/m0/s1. The Bertz CT molecular complexity index is 1350. The Kier molecular flexibility index (Phi) is 7.89. The Morgan fingerprint density at radius 3 is 2.50 bits per heavy atom. The smallest absolute Gasteiger partial charge is 0.282 e. The number of carbonyl (C=O) groups excluding carboxylic acids is 1. The third kappa shape index (κ3) is 4.99. The van der Waals surface area contributed by atoms with Crippen molar-refractivity contribution in [3.63, 3.8) is 0 Å². The Hall–Kier alpha value is -2.74. The van der Waals surface area contributed by atoms with Gasteiger partial charge < -0.3 is 10.2 Å². The summed E-state index contributed by atoms with van der Waals surface area (Å²) in [5, 5.41) is 15.7. The van der Waals surface area contributed by atoms with Gasteiger partial charge in [0.2, 0.25) is 0 Å². The van der Waals surface area contributed by atoms with Gasteiger partial charge in [-0.2, -0.15) is 0 Å². The van der Waals surface area contributed by atoms with E-state index >= 15 is 0 Å². The number of nitro groups is 1. The van der Waals surface area contributed by atoms with Crippen molar-refractivity contribution in [3.8, 4) is 0 Å². The van der Waals surface area contributed by atoms with Crippen LogP contribution in [0.25, 0.3) is 0 Å². The molecule has 198 valence electrons. The third-order valence-electron chi connectivity index (χ3n) is 7.68. The van der Waals surface area contributed by atoms with E-state index in [1.54, 1.807) is 12.1 Å². The summed E-state index contributed by atoms with van der Waals surface area (Å²) < 4.78 is 0. The molecule has 0 aromatic heterocycles. The number of alkyl halides is 1. The lowest BCUT2D eigenvalue weighted by Gasteiger charge is -2.38. The highest BCUT2D eigenvalue weighted by molar-refractivity contribution is 8.00. The number of nitrogens with zero attached hydrogens (tertiary/aromatic N) is 2. The zero-order chi connectivity index (χ0) is 27.0. The molecule has 1 fully saturated rings. The summed E-state index contributed by atoms with van der Waals surface area (Å²) in [6, 6.07) is 20.5. The number of para-hydroxylation sites is 1. The van der Waals surface area contributed by atoms with Crippen molar-refractivity contribution in [1.29, 1.82) is 0 Å². The van der Waals surface area contributed by atoms with Gasteiger partial charge in [-0.05, 0) is 73.7 Å². The number of anilines is 1. The first kappa shape index (κ1) is 26.9. The van der Waals surface area contributed by atoms with Crippen LogP contribution in [0.2, 0.25) is 5.02 Å². The van der Waals surface area contributed by atoms with Gasteiger partial charge in [-0.3, -0.25) is 14.9 Å². The summed E-state index contributed by atoms with van der Waals surface area (Å²) in [5.41, 5.74) is 3.85. The number of hydrogen-bond donors (Lipinski definition) is 1. The minimum absolute atomic E-state index is 0.00382. The molecule has 5 rings (SSSR count). The molecular weight excluding hydrogens is 541 g/mol. The summed E-state index contributed by atoms with van der Waals surface area (Å²) in [6.07, 6.45) is 0.767.